The maximum Gasteiger partial charge on any atom is 0.252 e. The molecule has 2 unspecified atom stereocenters. The number of rotatable bonds is 3. The largest absolute Gasteiger partial charge is 0.349 e. The predicted molar refractivity (Wildman–Crippen MR) is 84.7 cm³/mol. The maximum absolute atomic E-state index is 13.3. The van der Waals surface area contributed by atoms with Crippen molar-refractivity contribution in [2.45, 2.75) is 30.6 Å². The van der Waals surface area contributed by atoms with Crippen LogP contribution in [-0.4, -0.2) is 30.0 Å². The quantitative estimate of drug-likeness (QED) is 0.841. The van der Waals surface area contributed by atoms with Crippen LogP contribution in [0.2, 0.25) is 0 Å². The van der Waals surface area contributed by atoms with Gasteiger partial charge in [-0.15, -0.1) is 0 Å². The first-order valence-electron chi connectivity index (χ1n) is 6.96. The Labute approximate surface area is 128 Å². The lowest BCUT2D eigenvalue weighted by atomic mass is 10.1. The van der Waals surface area contributed by atoms with E-state index in [4.69, 9.17) is 5.73 Å². The van der Waals surface area contributed by atoms with Crippen molar-refractivity contribution in [1.29, 1.82) is 0 Å². The molecular formula is C16H19FN2OS. The van der Waals surface area contributed by atoms with Crippen LogP contribution in [0.3, 0.4) is 0 Å². The average Bonchev–Trinajstić information content (AvgIpc) is 2.92. The van der Waals surface area contributed by atoms with Crippen LogP contribution in [-0.2, 0) is 0 Å². The lowest BCUT2D eigenvalue weighted by molar-refractivity contribution is 0.0937. The van der Waals surface area contributed by atoms with Crippen molar-refractivity contribution in [3.8, 4) is 11.8 Å². The Morgan fingerprint density at radius 2 is 2.33 bits per heavy atom. The number of carbonyl (C=O) groups excluding carboxylic acids is 1. The number of benzene rings is 1. The topological polar surface area (TPSA) is 55.1 Å². The molecule has 0 aromatic heterocycles. The minimum atomic E-state index is -0.406. The Morgan fingerprint density at radius 3 is 3.00 bits per heavy atom. The number of nitrogens with two attached hydrogens (primary N) is 1. The molecule has 2 atom stereocenters. The number of carbonyl (C=O) groups is 1. The van der Waals surface area contributed by atoms with Crippen LogP contribution < -0.4 is 11.1 Å². The van der Waals surface area contributed by atoms with Gasteiger partial charge in [0.25, 0.3) is 5.91 Å². The van der Waals surface area contributed by atoms with Gasteiger partial charge in [0, 0.05) is 16.9 Å². The summed E-state index contributed by atoms with van der Waals surface area (Å²) in [7, 11) is 0. The summed E-state index contributed by atoms with van der Waals surface area (Å²) in [5.41, 5.74) is 6.13. The van der Waals surface area contributed by atoms with Crippen molar-refractivity contribution in [3.05, 3.63) is 35.1 Å². The van der Waals surface area contributed by atoms with Crippen LogP contribution >= 0.6 is 11.8 Å². The molecule has 1 aromatic rings. The van der Waals surface area contributed by atoms with Crippen LogP contribution in [0, 0.1) is 17.7 Å². The standard InChI is InChI=1S/C16H19FN2OS/c1-21-14-6-5-13(10-14)19-16(20)15-7-4-12(17)9-11(15)3-2-8-18/h4,7,9,13-14H,5-6,8,10,18H2,1H3,(H,19,20). The first-order valence-corrected chi connectivity index (χ1v) is 8.25. The van der Waals surface area contributed by atoms with E-state index in [1.807, 2.05) is 11.8 Å². The van der Waals surface area contributed by atoms with Gasteiger partial charge in [-0.2, -0.15) is 11.8 Å². The van der Waals surface area contributed by atoms with Crippen molar-refractivity contribution in [2.75, 3.05) is 12.8 Å². The van der Waals surface area contributed by atoms with E-state index in [1.165, 1.54) is 18.2 Å². The van der Waals surface area contributed by atoms with E-state index in [-0.39, 0.29) is 18.5 Å². The normalized spacial score (nSPS) is 20.7. The Hall–Kier alpha value is -1.51. The molecule has 5 heteroatoms. The molecule has 1 aromatic carbocycles. The van der Waals surface area contributed by atoms with Gasteiger partial charge in [-0.05, 0) is 43.7 Å². The molecule has 1 fully saturated rings. The smallest absolute Gasteiger partial charge is 0.252 e. The number of nitrogens with one attached hydrogen (secondary N) is 1. The number of hydrogen-bond donors (Lipinski definition) is 2. The Morgan fingerprint density at radius 1 is 1.52 bits per heavy atom. The Balaban J connectivity index is 2.12. The van der Waals surface area contributed by atoms with Crippen molar-refractivity contribution >= 4 is 17.7 Å². The molecule has 0 spiro atoms. The summed E-state index contributed by atoms with van der Waals surface area (Å²) in [6.45, 7) is 0.176. The van der Waals surface area contributed by atoms with Gasteiger partial charge in [-0.1, -0.05) is 11.8 Å². The predicted octanol–water partition coefficient (Wildman–Crippen LogP) is 2.15. The molecule has 2 rings (SSSR count). The van der Waals surface area contributed by atoms with E-state index in [2.05, 4.69) is 23.4 Å². The molecule has 3 nitrogen and oxygen atoms in total. The number of hydrogen-bond acceptors (Lipinski definition) is 3. The van der Waals surface area contributed by atoms with Gasteiger partial charge < -0.3 is 11.1 Å². The van der Waals surface area contributed by atoms with E-state index >= 15 is 0 Å². The van der Waals surface area contributed by atoms with Gasteiger partial charge in [0.15, 0.2) is 0 Å². The molecule has 1 aliphatic rings. The zero-order chi connectivity index (χ0) is 15.2. The van der Waals surface area contributed by atoms with E-state index < -0.39 is 5.82 Å². The van der Waals surface area contributed by atoms with E-state index in [0.717, 1.165) is 19.3 Å². The fraction of sp³-hybridized carbons (Fsp3) is 0.438. The highest BCUT2D eigenvalue weighted by Gasteiger charge is 2.26. The molecule has 3 N–H and O–H groups in total. The van der Waals surface area contributed by atoms with Crippen molar-refractivity contribution < 1.29 is 9.18 Å². The van der Waals surface area contributed by atoms with Crippen LogP contribution in [0.4, 0.5) is 4.39 Å². The maximum atomic E-state index is 13.3. The lowest BCUT2D eigenvalue weighted by Crippen LogP contribution is -2.33. The summed E-state index contributed by atoms with van der Waals surface area (Å²) < 4.78 is 13.3. The molecule has 21 heavy (non-hydrogen) atoms. The zero-order valence-electron chi connectivity index (χ0n) is 12.0. The van der Waals surface area contributed by atoms with Crippen molar-refractivity contribution in [1.82, 2.24) is 5.32 Å². The van der Waals surface area contributed by atoms with Gasteiger partial charge >= 0.3 is 0 Å². The summed E-state index contributed by atoms with van der Waals surface area (Å²) in [6, 6.07) is 4.22. The van der Waals surface area contributed by atoms with Gasteiger partial charge in [0.1, 0.15) is 5.82 Å². The van der Waals surface area contributed by atoms with Crippen LogP contribution in [0.1, 0.15) is 35.2 Å². The highest BCUT2D eigenvalue weighted by molar-refractivity contribution is 7.99. The van der Waals surface area contributed by atoms with Gasteiger partial charge in [0.2, 0.25) is 0 Å². The second kappa shape index (κ2) is 7.48. The molecule has 0 radical (unpaired) electrons. The first kappa shape index (κ1) is 15.9. The summed E-state index contributed by atoms with van der Waals surface area (Å²) >= 11 is 1.84. The first-order chi connectivity index (χ1) is 10.1. The highest BCUT2D eigenvalue weighted by atomic mass is 32.2. The number of amides is 1. The minimum absolute atomic E-state index is 0.176. The molecule has 0 saturated heterocycles. The molecule has 1 aliphatic carbocycles. The second-order valence-corrected chi connectivity index (χ2v) is 6.18. The van der Waals surface area contributed by atoms with E-state index in [0.29, 0.717) is 16.4 Å². The second-order valence-electron chi connectivity index (χ2n) is 5.04. The molecule has 0 bridgehead atoms. The van der Waals surface area contributed by atoms with E-state index in [1.54, 1.807) is 0 Å². The Kier molecular flexibility index (Phi) is 5.66. The highest BCUT2D eigenvalue weighted by Crippen LogP contribution is 2.28. The molecule has 0 aliphatic heterocycles. The molecule has 1 amide bonds. The summed E-state index contributed by atoms with van der Waals surface area (Å²) in [6.07, 6.45) is 5.19. The fourth-order valence-electron chi connectivity index (χ4n) is 2.51. The van der Waals surface area contributed by atoms with Gasteiger partial charge in [0.05, 0.1) is 12.1 Å². The van der Waals surface area contributed by atoms with Crippen LogP contribution in [0.15, 0.2) is 18.2 Å². The summed E-state index contributed by atoms with van der Waals surface area (Å²) in [5, 5.41) is 3.63. The SMILES string of the molecule is CSC1CCC(NC(=O)c2ccc(F)cc2C#CCN)C1. The minimum Gasteiger partial charge on any atom is -0.349 e. The fourth-order valence-corrected chi connectivity index (χ4v) is 3.31. The lowest BCUT2D eigenvalue weighted by Gasteiger charge is -2.13. The third kappa shape index (κ3) is 4.23. The average molecular weight is 306 g/mol. The number of halogens is 1. The molecule has 1 saturated carbocycles. The monoisotopic (exact) mass is 306 g/mol. The van der Waals surface area contributed by atoms with E-state index in [9.17, 15) is 9.18 Å². The third-order valence-electron chi connectivity index (χ3n) is 3.60. The van der Waals surface area contributed by atoms with Crippen LogP contribution in [0.25, 0.3) is 0 Å². The molecule has 0 heterocycles. The Bertz CT molecular complexity index is 579. The summed E-state index contributed by atoms with van der Waals surface area (Å²) in [5.74, 6) is 4.83. The van der Waals surface area contributed by atoms with Crippen LogP contribution in [0.5, 0.6) is 0 Å². The van der Waals surface area contributed by atoms with Crippen molar-refractivity contribution in [2.24, 2.45) is 5.73 Å². The molecular weight excluding hydrogens is 287 g/mol. The third-order valence-corrected chi connectivity index (χ3v) is 4.70. The van der Waals surface area contributed by atoms with Gasteiger partial charge in [-0.25, -0.2) is 4.39 Å². The van der Waals surface area contributed by atoms with Crippen molar-refractivity contribution in [3.63, 3.8) is 0 Å². The zero-order valence-corrected chi connectivity index (χ0v) is 12.8. The summed E-state index contributed by atoms with van der Waals surface area (Å²) in [4.78, 5) is 12.4. The van der Waals surface area contributed by atoms with Gasteiger partial charge in [-0.3, -0.25) is 4.79 Å². The molecule has 112 valence electrons. The number of thioether (sulfide) groups is 1.